The molecular formula is C14H15BrN2O3S. The fraction of sp³-hybridized carbons (Fsp3) is 0.214. The first-order chi connectivity index (χ1) is 10.0. The van der Waals surface area contributed by atoms with Gasteiger partial charge in [0.1, 0.15) is 0 Å². The first kappa shape index (κ1) is 15.9. The molecule has 0 aliphatic rings. The van der Waals surface area contributed by atoms with E-state index >= 15 is 0 Å². The number of halogens is 1. The number of pyridine rings is 1. The number of nitrogens with one attached hydrogen (secondary N) is 1. The number of aliphatic hydroxyl groups is 1. The van der Waals surface area contributed by atoms with Crippen molar-refractivity contribution in [1.29, 1.82) is 0 Å². The van der Waals surface area contributed by atoms with Crippen molar-refractivity contribution in [3.63, 3.8) is 0 Å². The molecule has 0 atom stereocenters. The highest BCUT2D eigenvalue weighted by atomic mass is 79.9. The predicted octanol–water partition coefficient (Wildman–Crippen LogP) is 2.57. The molecule has 0 aliphatic carbocycles. The zero-order valence-electron chi connectivity index (χ0n) is 11.2. The van der Waals surface area contributed by atoms with Crippen LogP contribution < -0.4 is 4.72 Å². The van der Waals surface area contributed by atoms with Gasteiger partial charge in [-0.2, -0.15) is 0 Å². The van der Waals surface area contributed by atoms with Crippen LogP contribution in [0.4, 0.5) is 5.82 Å². The first-order valence-electron chi connectivity index (χ1n) is 6.36. The van der Waals surface area contributed by atoms with E-state index in [4.69, 9.17) is 5.11 Å². The Morgan fingerprint density at radius 2 is 1.90 bits per heavy atom. The van der Waals surface area contributed by atoms with Crippen LogP contribution >= 0.6 is 15.9 Å². The molecule has 1 aromatic heterocycles. The highest BCUT2D eigenvalue weighted by molar-refractivity contribution is 9.10. The minimum Gasteiger partial charge on any atom is -0.396 e. The monoisotopic (exact) mass is 370 g/mol. The number of aryl methyl sites for hydroxylation is 1. The van der Waals surface area contributed by atoms with Crippen LogP contribution in [0.5, 0.6) is 0 Å². The van der Waals surface area contributed by atoms with Gasteiger partial charge in [0.25, 0.3) is 10.0 Å². The van der Waals surface area contributed by atoms with Gasteiger partial charge >= 0.3 is 0 Å². The van der Waals surface area contributed by atoms with E-state index < -0.39 is 10.0 Å². The lowest BCUT2D eigenvalue weighted by molar-refractivity contribution is 0.288. The van der Waals surface area contributed by atoms with Crippen molar-refractivity contribution < 1.29 is 13.5 Å². The summed E-state index contributed by atoms with van der Waals surface area (Å²) in [5.74, 6) is 0.252. The minimum atomic E-state index is -3.66. The van der Waals surface area contributed by atoms with Crippen LogP contribution in [0.25, 0.3) is 0 Å². The molecule has 0 saturated carbocycles. The van der Waals surface area contributed by atoms with Crippen molar-refractivity contribution in [3.05, 3.63) is 52.6 Å². The van der Waals surface area contributed by atoms with Gasteiger partial charge in [0, 0.05) is 12.8 Å². The van der Waals surface area contributed by atoms with Crippen molar-refractivity contribution in [1.82, 2.24) is 4.98 Å². The standard InChI is InChI=1S/C14H15BrN2O3S/c15-13-4-1-9-16-14(13)17-21(19,20)12-7-5-11(6-8-12)3-2-10-18/h1,4-9,18H,2-3,10H2,(H,16,17). The van der Waals surface area contributed by atoms with Gasteiger partial charge in [-0.3, -0.25) is 4.72 Å². The summed E-state index contributed by atoms with van der Waals surface area (Å²) in [5.41, 5.74) is 0.988. The maximum Gasteiger partial charge on any atom is 0.263 e. The summed E-state index contributed by atoms with van der Waals surface area (Å²) in [6.45, 7) is 0.120. The summed E-state index contributed by atoms with van der Waals surface area (Å²) < 4.78 is 27.6. The largest absolute Gasteiger partial charge is 0.396 e. The van der Waals surface area contributed by atoms with Crippen molar-refractivity contribution in [2.75, 3.05) is 11.3 Å². The topological polar surface area (TPSA) is 79.3 Å². The third-order valence-corrected chi connectivity index (χ3v) is 4.84. The zero-order chi connectivity index (χ0) is 15.3. The summed E-state index contributed by atoms with van der Waals surface area (Å²) in [6.07, 6.45) is 2.89. The Balaban J connectivity index is 2.18. The fourth-order valence-corrected chi connectivity index (χ4v) is 3.28. The molecule has 0 spiro atoms. The molecule has 0 saturated heterocycles. The molecule has 0 radical (unpaired) electrons. The average Bonchev–Trinajstić information content (AvgIpc) is 2.48. The SMILES string of the molecule is O=S(=O)(Nc1ncccc1Br)c1ccc(CCCO)cc1. The highest BCUT2D eigenvalue weighted by Gasteiger charge is 2.16. The Morgan fingerprint density at radius 3 is 2.52 bits per heavy atom. The van der Waals surface area contributed by atoms with Gasteiger partial charge in [-0.1, -0.05) is 12.1 Å². The molecular weight excluding hydrogens is 356 g/mol. The lowest BCUT2D eigenvalue weighted by Crippen LogP contribution is -2.14. The maximum absolute atomic E-state index is 12.3. The van der Waals surface area contributed by atoms with Crippen LogP contribution in [0.15, 0.2) is 52.0 Å². The van der Waals surface area contributed by atoms with Gasteiger partial charge in [-0.15, -0.1) is 0 Å². The van der Waals surface area contributed by atoms with Crippen LogP contribution in [0.1, 0.15) is 12.0 Å². The second kappa shape index (κ2) is 7.02. The average molecular weight is 371 g/mol. The van der Waals surface area contributed by atoms with Gasteiger partial charge in [0.2, 0.25) is 0 Å². The molecule has 2 aromatic rings. The molecule has 0 bridgehead atoms. The minimum absolute atomic E-state index is 0.120. The number of sulfonamides is 1. The molecule has 1 aromatic carbocycles. The number of aliphatic hydroxyl groups excluding tert-OH is 1. The fourth-order valence-electron chi connectivity index (χ4n) is 1.77. The molecule has 2 N–H and O–H groups in total. The number of rotatable bonds is 6. The van der Waals surface area contributed by atoms with E-state index in [1.165, 1.54) is 6.20 Å². The lowest BCUT2D eigenvalue weighted by Gasteiger charge is -2.09. The summed E-state index contributed by atoms with van der Waals surface area (Å²) in [4.78, 5) is 4.16. The molecule has 0 fully saturated rings. The van der Waals surface area contributed by atoms with Gasteiger partial charge < -0.3 is 5.11 Å². The van der Waals surface area contributed by atoms with Crippen molar-refractivity contribution in [3.8, 4) is 0 Å². The summed E-state index contributed by atoms with van der Waals surface area (Å²) in [5, 5.41) is 8.78. The zero-order valence-corrected chi connectivity index (χ0v) is 13.6. The van der Waals surface area contributed by atoms with Crippen molar-refractivity contribution >= 4 is 31.8 Å². The van der Waals surface area contributed by atoms with Crippen LogP contribution in [0, 0.1) is 0 Å². The number of anilines is 1. The number of nitrogens with zero attached hydrogens (tertiary/aromatic N) is 1. The molecule has 1 heterocycles. The number of hydrogen-bond acceptors (Lipinski definition) is 4. The van der Waals surface area contributed by atoms with E-state index in [0.717, 1.165) is 12.0 Å². The molecule has 0 amide bonds. The number of benzene rings is 1. The molecule has 2 rings (SSSR count). The van der Waals surface area contributed by atoms with Gasteiger partial charge in [0.15, 0.2) is 5.82 Å². The third-order valence-electron chi connectivity index (χ3n) is 2.85. The third kappa shape index (κ3) is 4.26. The van der Waals surface area contributed by atoms with Crippen LogP contribution in [-0.2, 0) is 16.4 Å². The second-order valence-corrected chi connectivity index (χ2v) is 6.95. The summed E-state index contributed by atoms with van der Waals surface area (Å²) in [7, 11) is -3.66. The van der Waals surface area contributed by atoms with E-state index in [2.05, 4.69) is 25.6 Å². The van der Waals surface area contributed by atoms with Crippen LogP contribution in [-0.4, -0.2) is 25.1 Å². The van der Waals surface area contributed by atoms with E-state index in [1.807, 2.05) is 0 Å². The van der Waals surface area contributed by atoms with E-state index in [9.17, 15) is 8.42 Å². The van der Waals surface area contributed by atoms with Gasteiger partial charge in [-0.25, -0.2) is 13.4 Å². The Kier molecular flexibility index (Phi) is 5.33. The quantitative estimate of drug-likeness (QED) is 0.818. The van der Waals surface area contributed by atoms with Crippen LogP contribution in [0.3, 0.4) is 0 Å². The summed E-state index contributed by atoms with van der Waals surface area (Å²) >= 11 is 3.25. The number of hydrogen-bond donors (Lipinski definition) is 2. The van der Waals surface area contributed by atoms with E-state index in [-0.39, 0.29) is 17.3 Å². The molecule has 21 heavy (non-hydrogen) atoms. The Bertz CT molecular complexity index is 702. The molecule has 5 nitrogen and oxygen atoms in total. The summed E-state index contributed by atoms with van der Waals surface area (Å²) in [6, 6.07) is 10.0. The Morgan fingerprint density at radius 1 is 1.19 bits per heavy atom. The van der Waals surface area contributed by atoms with Gasteiger partial charge in [-0.05, 0) is 58.6 Å². The number of aromatic nitrogens is 1. The molecule has 112 valence electrons. The Hall–Kier alpha value is -1.44. The van der Waals surface area contributed by atoms with Crippen molar-refractivity contribution in [2.45, 2.75) is 17.7 Å². The maximum atomic E-state index is 12.3. The highest BCUT2D eigenvalue weighted by Crippen LogP contribution is 2.22. The molecule has 7 heteroatoms. The lowest BCUT2D eigenvalue weighted by atomic mass is 10.1. The van der Waals surface area contributed by atoms with Gasteiger partial charge in [0.05, 0.1) is 9.37 Å². The van der Waals surface area contributed by atoms with Crippen LogP contribution in [0.2, 0.25) is 0 Å². The molecule has 0 unspecified atom stereocenters. The first-order valence-corrected chi connectivity index (χ1v) is 8.64. The van der Waals surface area contributed by atoms with E-state index in [1.54, 1.807) is 36.4 Å². The van der Waals surface area contributed by atoms with E-state index in [0.29, 0.717) is 10.9 Å². The predicted molar refractivity (Wildman–Crippen MR) is 84.6 cm³/mol. The normalized spacial score (nSPS) is 11.3. The smallest absolute Gasteiger partial charge is 0.263 e. The second-order valence-electron chi connectivity index (χ2n) is 4.41. The van der Waals surface area contributed by atoms with Crippen molar-refractivity contribution in [2.24, 2.45) is 0 Å². The molecule has 0 aliphatic heterocycles. The Labute approximate surface area is 132 Å².